The molecule has 2 saturated carbocycles. The Morgan fingerprint density at radius 1 is 0.951 bits per heavy atom. The SMILES string of the molecule is CC(C)(C)[Si](C)(C)O[C@@H]1CCN(CCCN(C(=O)Nc2ccc(F)c(C(F)(F)F)c2)C2CC3CC3(c3cnc(CO[Si](c4ccccc4)(c4ccccc4)C(C)(C)C)s3)C2)C1. The van der Waals surface area contributed by atoms with Gasteiger partial charge in [0.2, 0.25) is 0 Å². The summed E-state index contributed by atoms with van der Waals surface area (Å²) in [6, 6.07) is 23.2. The van der Waals surface area contributed by atoms with E-state index in [1.165, 1.54) is 21.3 Å². The second-order valence-electron chi connectivity index (χ2n) is 20.0. The summed E-state index contributed by atoms with van der Waals surface area (Å²) in [5.41, 5.74) is -1.60. The predicted octanol–water partition coefficient (Wildman–Crippen LogP) is 10.8. The summed E-state index contributed by atoms with van der Waals surface area (Å²) in [6.45, 7) is 21.5. The van der Waals surface area contributed by atoms with Crippen LogP contribution >= 0.6 is 11.3 Å². The van der Waals surface area contributed by atoms with Crippen LogP contribution in [-0.2, 0) is 27.1 Å². The van der Waals surface area contributed by atoms with Crippen molar-refractivity contribution in [2.45, 2.75) is 127 Å². The van der Waals surface area contributed by atoms with Crippen LogP contribution < -0.4 is 15.7 Å². The minimum Gasteiger partial charge on any atom is -0.413 e. The van der Waals surface area contributed by atoms with Gasteiger partial charge in [-0.2, -0.15) is 13.2 Å². The van der Waals surface area contributed by atoms with E-state index in [4.69, 9.17) is 13.8 Å². The second kappa shape index (κ2) is 17.3. The number of rotatable bonds is 14. The standard InChI is InChI=1S/C47H62F4N4O3SSi2/c1-44(2,3)60(7,8)58-36-22-25-54(31-36)23-15-24-55(43(56)53-34-20-21-40(48)39(27-34)47(49,50)51)35-26-33-28-46(33,29-35)41-30-52-42(59-41)32-57-61(45(4,5)6,37-16-11-9-12-17-37)38-18-13-10-14-19-38/h9-14,16-21,27,30,33,35-36H,15,22-26,28-29,31-32H2,1-8H3,(H,53,56)/t33?,35?,36-,46?/m1/s1. The number of likely N-dealkylation sites (tertiary alicyclic amines) is 1. The van der Waals surface area contributed by atoms with Gasteiger partial charge in [-0.05, 0) is 96.3 Å². The Labute approximate surface area is 365 Å². The Kier molecular flexibility index (Phi) is 12.9. The normalized spacial score (nSPS) is 22.3. The van der Waals surface area contributed by atoms with Gasteiger partial charge in [0.1, 0.15) is 10.8 Å². The Balaban J connectivity index is 1.06. The number of hydrogen-bond donors (Lipinski definition) is 1. The van der Waals surface area contributed by atoms with Gasteiger partial charge in [0, 0.05) is 47.9 Å². The van der Waals surface area contributed by atoms with Crippen LogP contribution in [0.1, 0.15) is 89.1 Å². The van der Waals surface area contributed by atoms with Crippen LogP contribution in [0, 0.1) is 11.7 Å². The van der Waals surface area contributed by atoms with Crippen molar-refractivity contribution in [2.24, 2.45) is 5.92 Å². The van der Waals surface area contributed by atoms with E-state index >= 15 is 0 Å². The molecule has 4 aromatic rings. The van der Waals surface area contributed by atoms with Crippen LogP contribution in [0.15, 0.2) is 85.1 Å². The number of benzene rings is 3. The molecule has 3 aliphatic rings. The van der Waals surface area contributed by atoms with Crippen molar-refractivity contribution in [1.29, 1.82) is 0 Å². The molecule has 0 spiro atoms. The number of carbonyl (C=O) groups excluding carboxylic acids is 1. The van der Waals surface area contributed by atoms with Crippen LogP contribution in [0.4, 0.5) is 28.0 Å². The van der Waals surface area contributed by atoms with Gasteiger partial charge in [-0.3, -0.25) is 0 Å². The third kappa shape index (κ3) is 9.59. The monoisotopic (exact) mass is 894 g/mol. The Hall–Kier alpha value is -3.41. The van der Waals surface area contributed by atoms with Crippen molar-refractivity contribution in [3.05, 3.63) is 106 Å². The zero-order valence-electron chi connectivity index (χ0n) is 36.9. The molecule has 1 aliphatic heterocycles. The number of urea groups is 1. The zero-order chi connectivity index (χ0) is 44.0. The third-order valence-electron chi connectivity index (χ3n) is 13.9. The van der Waals surface area contributed by atoms with Crippen LogP contribution in [0.5, 0.6) is 0 Å². The molecule has 3 unspecified atom stereocenters. The molecule has 61 heavy (non-hydrogen) atoms. The molecule has 4 atom stereocenters. The first-order chi connectivity index (χ1) is 28.6. The summed E-state index contributed by atoms with van der Waals surface area (Å²) in [6.07, 6.45) is 1.51. The molecule has 0 bridgehead atoms. The molecule has 1 aromatic heterocycles. The van der Waals surface area contributed by atoms with Crippen molar-refractivity contribution in [3.63, 3.8) is 0 Å². The van der Waals surface area contributed by atoms with Gasteiger partial charge >= 0.3 is 12.2 Å². The molecule has 2 heterocycles. The highest BCUT2D eigenvalue weighted by Gasteiger charge is 2.63. The average molecular weight is 895 g/mol. The van der Waals surface area contributed by atoms with E-state index in [-0.39, 0.29) is 33.3 Å². The molecule has 2 amide bonds. The average Bonchev–Trinajstić information content (AvgIpc) is 3.56. The third-order valence-corrected chi connectivity index (χ3v) is 24.6. The summed E-state index contributed by atoms with van der Waals surface area (Å²) in [7, 11) is -4.69. The number of anilines is 1. The number of aromatic nitrogens is 1. The van der Waals surface area contributed by atoms with Crippen molar-refractivity contribution < 1.29 is 31.2 Å². The lowest BCUT2D eigenvalue weighted by Crippen LogP contribution is -2.66. The Morgan fingerprint density at radius 3 is 2.21 bits per heavy atom. The minimum atomic E-state index is -4.89. The van der Waals surface area contributed by atoms with Crippen molar-refractivity contribution in [1.82, 2.24) is 14.8 Å². The highest BCUT2D eigenvalue weighted by atomic mass is 32.1. The fourth-order valence-electron chi connectivity index (χ4n) is 9.57. The number of carbonyl (C=O) groups is 1. The number of fused-ring (bicyclic) bond motifs is 1. The number of nitrogens with zero attached hydrogens (tertiary/aromatic N) is 3. The van der Waals surface area contributed by atoms with Gasteiger partial charge in [0.25, 0.3) is 8.32 Å². The van der Waals surface area contributed by atoms with Gasteiger partial charge in [0.15, 0.2) is 8.32 Å². The number of nitrogens with one attached hydrogen (secondary N) is 1. The second-order valence-corrected chi connectivity index (χ2v) is 30.2. The van der Waals surface area contributed by atoms with Crippen molar-refractivity contribution >= 4 is 50.1 Å². The van der Waals surface area contributed by atoms with Gasteiger partial charge in [-0.1, -0.05) is 102 Å². The van der Waals surface area contributed by atoms with Gasteiger partial charge in [-0.15, -0.1) is 11.3 Å². The molecule has 3 aromatic carbocycles. The van der Waals surface area contributed by atoms with Crippen molar-refractivity contribution in [3.8, 4) is 0 Å². The maximum Gasteiger partial charge on any atom is 0.419 e. The highest BCUT2D eigenvalue weighted by molar-refractivity contribution is 7.11. The summed E-state index contributed by atoms with van der Waals surface area (Å²) >= 11 is 1.69. The van der Waals surface area contributed by atoms with Crippen LogP contribution in [0.3, 0.4) is 0 Å². The molecule has 14 heteroatoms. The van der Waals surface area contributed by atoms with Gasteiger partial charge < -0.3 is 24.0 Å². The molecule has 7 rings (SSSR count). The molecular weight excluding hydrogens is 833 g/mol. The first-order valence-electron chi connectivity index (χ1n) is 21.7. The summed E-state index contributed by atoms with van der Waals surface area (Å²) in [5.74, 6) is -1.00. The highest BCUT2D eigenvalue weighted by Crippen LogP contribution is 2.66. The fraction of sp³-hybridized carbons (Fsp3) is 0.532. The number of thiazole rings is 1. The van der Waals surface area contributed by atoms with E-state index in [9.17, 15) is 22.4 Å². The number of amides is 2. The van der Waals surface area contributed by atoms with Crippen LogP contribution in [-0.4, -0.2) is 75.8 Å². The number of halogens is 4. The maximum absolute atomic E-state index is 14.2. The molecule has 330 valence electrons. The molecule has 1 N–H and O–H groups in total. The number of hydrogen-bond acceptors (Lipinski definition) is 6. The van der Waals surface area contributed by atoms with Gasteiger partial charge in [-0.25, -0.2) is 14.2 Å². The first-order valence-corrected chi connectivity index (χ1v) is 27.3. The Morgan fingerprint density at radius 2 is 1.61 bits per heavy atom. The maximum atomic E-state index is 14.2. The van der Waals surface area contributed by atoms with Gasteiger partial charge in [0.05, 0.1) is 18.3 Å². The van der Waals surface area contributed by atoms with E-state index in [2.05, 4.69) is 113 Å². The lowest BCUT2D eigenvalue weighted by Gasteiger charge is -2.42. The Bertz CT molecular complexity index is 2100. The quantitative estimate of drug-likeness (QED) is 0.101. The predicted molar refractivity (Wildman–Crippen MR) is 242 cm³/mol. The molecule has 3 fully saturated rings. The summed E-state index contributed by atoms with van der Waals surface area (Å²) in [4.78, 5) is 24.5. The summed E-state index contributed by atoms with van der Waals surface area (Å²) in [5, 5.41) is 6.00. The molecular formula is C47H62F4N4O3SSi2. The zero-order valence-corrected chi connectivity index (χ0v) is 39.7. The van der Waals surface area contributed by atoms with E-state index in [1.54, 1.807) is 11.3 Å². The molecule has 0 radical (unpaired) electrons. The van der Waals surface area contributed by atoms with Crippen molar-refractivity contribution in [2.75, 3.05) is 31.5 Å². The topological polar surface area (TPSA) is 66.9 Å². The number of alkyl halides is 3. The largest absolute Gasteiger partial charge is 0.419 e. The van der Waals surface area contributed by atoms with E-state index < -0.39 is 40.2 Å². The molecule has 2 aliphatic carbocycles. The molecule has 1 saturated heterocycles. The summed E-state index contributed by atoms with van der Waals surface area (Å²) < 4.78 is 69.1. The van der Waals surface area contributed by atoms with E-state index in [1.807, 2.05) is 23.2 Å². The fourth-order valence-corrected chi connectivity index (χ4v) is 16.7. The molecule has 7 nitrogen and oxygen atoms in total. The van der Waals surface area contributed by atoms with E-state index in [0.717, 1.165) is 56.4 Å². The smallest absolute Gasteiger partial charge is 0.413 e. The minimum absolute atomic E-state index is 0.0836. The van der Waals surface area contributed by atoms with E-state index in [0.29, 0.717) is 31.6 Å². The first kappa shape index (κ1) is 45.6. The lowest BCUT2D eigenvalue weighted by molar-refractivity contribution is -0.139. The lowest BCUT2D eigenvalue weighted by atomic mass is 10.00. The van der Waals surface area contributed by atoms with Crippen LogP contribution in [0.25, 0.3) is 0 Å². The van der Waals surface area contributed by atoms with Crippen LogP contribution in [0.2, 0.25) is 23.2 Å².